The van der Waals surface area contributed by atoms with Crippen molar-refractivity contribution in [2.75, 3.05) is 30.3 Å². The molecule has 0 aromatic heterocycles. The van der Waals surface area contributed by atoms with Crippen LogP contribution < -0.4 is 10.0 Å². The maximum Gasteiger partial charge on any atom is 0.213 e. The van der Waals surface area contributed by atoms with Crippen LogP contribution in [-0.4, -0.2) is 44.8 Å². The third kappa shape index (κ3) is 7.08. The summed E-state index contributed by atoms with van der Waals surface area (Å²) in [6.45, 7) is 5.06. The molecule has 0 radical (unpaired) electrons. The number of nitrogens with one attached hydrogen (secondary N) is 2. The average molecular weight is 278 g/mol. The first-order chi connectivity index (χ1) is 8.14. The Morgan fingerprint density at radius 3 is 2.94 bits per heavy atom. The zero-order valence-corrected chi connectivity index (χ0v) is 11.8. The molecule has 1 aliphatic heterocycles. The van der Waals surface area contributed by atoms with E-state index in [-0.39, 0.29) is 11.8 Å². The molecule has 1 saturated heterocycles. The lowest BCUT2D eigenvalue weighted by molar-refractivity contribution is 0.422. The van der Waals surface area contributed by atoms with Crippen LogP contribution in [0.1, 0.15) is 19.3 Å². The van der Waals surface area contributed by atoms with Crippen LogP contribution in [0, 0.1) is 0 Å². The van der Waals surface area contributed by atoms with E-state index in [4.69, 9.17) is 0 Å². The standard InChI is InChI=1S/C11H22N2O2S2/c1-2-8-16-9-7-13-17(14,15)10-11-5-3-4-6-12-11/h2,11-13H,1,3-10H2. The molecule has 2 N–H and O–H groups in total. The van der Waals surface area contributed by atoms with Gasteiger partial charge in [0.2, 0.25) is 10.0 Å². The lowest BCUT2D eigenvalue weighted by Crippen LogP contribution is -2.43. The molecule has 1 aliphatic rings. The van der Waals surface area contributed by atoms with Gasteiger partial charge in [-0.2, -0.15) is 11.8 Å². The highest BCUT2D eigenvalue weighted by Crippen LogP contribution is 2.08. The van der Waals surface area contributed by atoms with Crippen LogP contribution in [0.25, 0.3) is 0 Å². The first kappa shape index (κ1) is 15.0. The molecule has 0 aromatic carbocycles. The van der Waals surface area contributed by atoms with E-state index < -0.39 is 10.0 Å². The van der Waals surface area contributed by atoms with Crippen LogP contribution in [0.15, 0.2) is 12.7 Å². The minimum Gasteiger partial charge on any atom is -0.313 e. The number of sulfonamides is 1. The zero-order valence-electron chi connectivity index (χ0n) is 10.2. The fourth-order valence-corrected chi connectivity index (χ4v) is 3.88. The lowest BCUT2D eigenvalue weighted by atomic mass is 10.1. The highest BCUT2D eigenvalue weighted by atomic mass is 32.2. The molecule has 1 unspecified atom stereocenters. The monoisotopic (exact) mass is 278 g/mol. The molecule has 4 nitrogen and oxygen atoms in total. The van der Waals surface area contributed by atoms with E-state index >= 15 is 0 Å². The molecule has 6 heteroatoms. The van der Waals surface area contributed by atoms with Gasteiger partial charge in [-0.3, -0.25) is 0 Å². The summed E-state index contributed by atoms with van der Waals surface area (Å²) in [5, 5.41) is 3.25. The molecular weight excluding hydrogens is 256 g/mol. The van der Waals surface area contributed by atoms with Gasteiger partial charge in [-0.15, -0.1) is 6.58 Å². The third-order valence-corrected chi connectivity index (χ3v) is 5.09. The number of hydrogen-bond donors (Lipinski definition) is 2. The summed E-state index contributed by atoms with van der Waals surface area (Å²) in [4.78, 5) is 0. The highest BCUT2D eigenvalue weighted by molar-refractivity contribution is 7.99. The van der Waals surface area contributed by atoms with Gasteiger partial charge in [-0.05, 0) is 19.4 Å². The van der Waals surface area contributed by atoms with Crippen molar-refractivity contribution in [3.05, 3.63) is 12.7 Å². The molecule has 0 aliphatic carbocycles. The summed E-state index contributed by atoms with van der Waals surface area (Å²) in [6, 6.07) is 0.127. The predicted molar refractivity (Wildman–Crippen MR) is 75.0 cm³/mol. The van der Waals surface area contributed by atoms with Gasteiger partial charge in [-0.25, -0.2) is 13.1 Å². The number of rotatable bonds is 8. The predicted octanol–water partition coefficient (Wildman–Crippen LogP) is 0.967. The SMILES string of the molecule is C=CCSCCNS(=O)(=O)CC1CCCCN1. The lowest BCUT2D eigenvalue weighted by Gasteiger charge is -2.23. The number of thioether (sulfide) groups is 1. The van der Waals surface area contributed by atoms with E-state index in [1.807, 2.05) is 6.08 Å². The first-order valence-corrected chi connectivity index (χ1v) is 8.84. The molecule has 0 bridgehead atoms. The Balaban J connectivity index is 2.18. The van der Waals surface area contributed by atoms with E-state index in [2.05, 4.69) is 16.6 Å². The zero-order chi connectivity index (χ0) is 12.6. The quantitative estimate of drug-likeness (QED) is 0.513. The molecule has 1 heterocycles. The Morgan fingerprint density at radius 1 is 1.47 bits per heavy atom. The molecule has 1 fully saturated rings. The maximum atomic E-state index is 11.8. The molecule has 0 spiro atoms. The molecule has 17 heavy (non-hydrogen) atoms. The molecule has 100 valence electrons. The van der Waals surface area contributed by atoms with Crippen LogP contribution in [0.4, 0.5) is 0 Å². The molecular formula is C11H22N2O2S2. The van der Waals surface area contributed by atoms with Gasteiger partial charge in [0.15, 0.2) is 0 Å². The van der Waals surface area contributed by atoms with E-state index in [0.29, 0.717) is 6.54 Å². The van der Waals surface area contributed by atoms with Crippen molar-refractivity contribution in [3.63, 3.8) is 0 Å². The number of hydrogen-bond acceptors (Lipinski definition) is 4. The van der Waals surface area contributed by atoms with E-state index in [1.54, 1.807) is 11.8 Å². The van der Waals surface area contributed by atoms with Crippen molar-refractivity contribution in [3.8, 4) is 0 Å². The van der Waals surface area contributed by atoms with Crippen molar-refractivity contribution in [1.82, 2.24) is 10.0 Å². The topological polar surface area (TPSA) is 58.2 Å². The van der Waals surface area contributed by atoms with Gasteiger partial charge in [0.25, 0.3) is 0 Å². The summed E-state index contributed by atoms with van der Waals surface area (Å²) in [7, 11) is -3.12. The van der Waals surface area contributed by atoms with Crippen molar-refractivity contribution >= 4 is 21.8 Å². The van der Waals surface area contributed by atoms with Gasteiger partial charge in [0.05, 0.1) is 5.75 Å². The Labute approximate surface area is 109 Å². The molecule has 0 saturated carbocycles. The first-order valence-electron chi connectivity index (χ1n) is 6.03. The Kier molecular flexibility index (Phi) is 7.18. The van der Waals surface area contributed by atoms with Crippen molar-refractivity contribution in [2.45, 2.75) is 25.3 Å². The van der Waals surface area contributed by atoms with Crippen molar-refractivity contribution in [1.29, 1.82) is 0 Å². The van der Waals surface area contributed by atoms with Crippen LogP contribution in [0.3, 0.4) is 0 Å². The fourth-order valence-electron chi connectivity index (χ4n) is 1.83. The van der Waals surface area contributed by atoms with Crippen molar-refractivity contribution in [2.24, 2.45) is 0 Å². The summed E-state index contributed by atoms with van der Waals surface area (Å²) >= 11 is 1.68. The third-order valence-electron chi connectivity index (χ3n) is 2.64. The second-order valence-electron chi connectivity index (χ2n) is 4.19. The summed E-state index contributed by atoms with van der Waals surface area (Å²) in [5.41, 5.74) is 0. The van der Waals surface area contributed by atoms with Gasteiger partial charge >= 0.3 is 0 Å². The van der Waals surface area contributed by atoms with Crippen molar-refractivity contribution < 1.29 is 8.42 Å². The van der Waals surface area contributed by atoms with Gasteiger partial charge < -0.3 is 5.32 Å². The maximum absolute atomic E-state index is 11.8. The van der Waals surface area contributed by atoms with Crippen LogP contribution in [-0.2, 0) is 10.0 Å². The van der Waals surface area contributed by atoms with Crippen LogP contribution >= 0.6 is 11.8 Å². The molecule has 0 aromatic rings. The highest BCUT2D eigenvalue weighted by Gasteiger charge is 2.20. The minimum absolute atomic E-state index is 0.127. The van der Waals surface area contributed by atoms with E-state index in [0.717, 1.165) is 37.3 Å². The Hall–Kier alpha value is -0.0400. The van der Waals surface area contributed by atoms with Gasteiger partial charge in [0.1, 0.15) is 0 Å². The fraction of sp³-hybridized carbons (Fsp3) is 0.818. The summed E-state index contributed by atoms with van der Waals surface area (Å²) < 4.78 is 26.1. The van der Waals surface area contributed by atoms with Crippen LogP contribution in [0.2, 0.25) is 0 Å². The summed E-state index contributed by atoms with van der Waals surface area (Å²) in [6.07, 6.45) is 5.07. The Morgan fingerprint density at radius 2 is 2.29 bits per heavy atom. The van der Waals surface area contributed by atoms with Gasteiger partial charge in [0, 0.05) is 24.1 Å². The summed E-state index contributed by atoms with van der Waals surface area (Å²) in [5.74, 6) is 1.87. The molecule has 1 rings (SSSR count). The molecule has 0 amide bonds. The largest absolute Gasteiger partial charge is 0.313 e. The molecule has 1 atom stereocenters. The minimum atomic E-state index is -3.12. The second kappa shape index (κ2) is 8.13. The second-order valence-corrected chi connectivity index (χ2v) is 7.19. The van der Waals surface area contributed by atoms with E-state index in [9.17, 15) is 8.42 Å². The smallest absolute Gasteiger partial charge is 0.213 e. The number of piperidine rings is 1. The van der Waals surface area contributed by atoms with Crippen LogP contribution in [0.5, 0.6) is 0 Å². The average Bonchev–Trinajstić information content (AvgIpc) is 2.29. The van der Waals surface area contributed by atoms with Gasteiger partial charge in [-0.1, -0.05) is 12.5 Å². The normalized spacial score (nSPS) is 21.3. The Bertz CT molecular complexity index is 311. The van der Waals surface area contributed by atoms with E-state index in [1.165, 1.54) is 0 Å².